The fourth-order valence-corrected chi connectivity index (χ4v) is 8.67. The molecule has 0 saturated heterocycles. The molecule has 0 spiro atoms. The predicted molar refractivity (Wildman–Crippen MR) is 60.9 cm³/mol. The molecule has 0 unspecified atom stereocenters. The maximum atomic E-state index is 2.43. The Hall–Kier alpha value is 0.868. The van der Waals surface area contributed by atoms with E-state index < -0.39 is 0 Å². The summed E-state index contributed by atoms with van der Waals surface area (Å²) in [6.45, 7) is 9.70. The van der Waals surface area contributed by atoms with Gasteiger partial charge in [0.25, 0.3) is 0 Å². The molecule has 0 bridgehead atoms. The Morgan fingerprint density at radius 1 is 0.818 bits per heavy atom. The topological polar surface area (TPSA) is 0 Å². The zero-order valence-corrected chi connectivity index (χ0v) is 12.1. The normalized spacial score (nSPS) is 11.5. The maximum absolute atomic E-state index is 2.43. The second-order valence-corrected chi connectivity index (χ2v) is 13.5. The summed E-state index contributed by atoms with van der Waals surface area (Å²) in [6, 6.07) is 0. The molecular weight excluding hydrogens is 196 g/mol. The highest BCUT2D eigenvalue weighted by molar-refractivity contribution is 6.75. The molecule has 0 amide bonds. The van der Waals surface area contributed by atoms with Gasteiger partial charge in [-0.2, -0.15) is 0 Å². The summed E-state index contributed by atoms with van der Waals surface area (Å²) in [6.07, 6.45) is 0. The third-order valence-corrected chi connectivity index (χ3v) is 10.9. The van der Waals surface area contributed by atoms with Gasteiger partial charge in [0.1, 0.15) is 0 Å². The van der Waals surface area contributed by atoms with Crippen LogP contribution in [0, 0.1) is 0 Å². The zero-order valence-electron chi connectivity index (χ0n) is 8.12. The second-order valence-electron chi connectivity index (χ2n) is 3.44. The van der Waals surface area contributed by atoms with Crippen molar-refractivity contribution < 1.29 is 0 Å². The highest BCUT2D eigenvalue weighted by Gasteiger charge is 1.99. The number of hydrogen-bond acceptors (Lipinski definition) is 0. The molecule has 0 heterocycles. The van der Waals surface area contributed by atoms with Crippen LogP contribution < -0.4 is 0 Å². The highest BCUT2D eigenvalue weighted by Crippen LogP contribution is 1.95. The molecule has 6 radical (unpaired) electrons. The zero-order chi connectivity index (χ0) is 8.69. The molecule has 0 aromatic heterocycles. The summed E-state index contributed by atoms with van der Waals surface area (Å²) in [5.41, 5.74) is 4.67. The molecule has 4 heteroatoms. The Kier molecular flexibility index (Phi) is 8.11. The Balaban J connectivity index is 2.91. The summed E-state index contributed by atoms with van der Waals surface area (Å²) >= 11 is 0. The largest absolute Gasteiger partial charge is 0.0715 e. The Bertz CT molecular complexity index is 72.5. The van der Waals surface area contributed by atoms with Crippen molar-refractivity contribution in [2.75, 3.05) is 0 Å². The van der Waals surface area contributed by atoms with Gasteiger partial charge in [0, 0.05) is 36.6 Å². The minimum absolute atomic E-state index is 0.0900. The third kappa shape index (κ3) is 10.9. The van der Waals surface area contributed by atoms with Crippen molar-refractivity contribution in [3.05, 3.63) is 0 Å². The van der Waals surface area contributed by atoms with Crippen molar-refractivity contribution in [2.45, 2.75) is 43.2 Å². The van der Waals surface area contributed by atoms with Crippen LogP contribution in [0.4, 0.5) is 0 Å². The van der Waals surface area contributed by atoms with Crippen LogP contribution in [-0.4, -0.2) is 36.6 Å². The van der Waals surface area contributed by atoms with Gasteiger partial charge >= 0.3 is 0 Å². The SMILES string of the molecule is C[Si](C)C[Si]C[Si]C[Si](C)C. The fourth-order valence-electron chi connectivity index (χ4n) is 0.713. The predicted octanol–water partition coefficient (Wildman–Crippen LogP) is 2.19. The first-order valence-electron chi connectivity index (χ1n) is 4.12. The monoisotopic (exact) mass is 214 g/mol. The molecule has 62 valence electrons. The van der Waals surface area contributed by atoms with Gasteiger partial charge in [-0.15, -0.1) is 0 Å². The van der Waals surface area contributed by atoms with Gasteiger partial charge in [-0.1, -0.05) is 43.2 Å². The van der Waals surface area contributed by atoms with Gasteiger partial charge in [-0.05, 0) is 0 Å². The van der Waals surface area contributed by atoms with Crippen molar-refractivity contribution in [2.24, 2.45) is 0 Å². The van der Waals surface area contributed by atoms with Crippen molar-refractivity contribution >= 4 is 36.6 Å². The molecule has 0 N–H and O–H groups in total. The molecule has 0 atom stereocenters. The lowest BCUT2D eigenvalue weighted by Gasteiger charge is -2.02. The lowest BCUT2D eigenvalue weighted by atomic mass is 11.8. The Morgan fingerprint density at radius 3 is 1.45 bits per heavy atom. The van der Waals surface area contributed by atoms with Gasteiger partial charge in [0.15, 0.2) is 0 Å². The minimum atomic E-state index is 0.0900. The molecule has 0 aliphatic rings. The van der Waals surface area contributed by atoms with E-state index in [0.717, 1.165) is 0 Å². The average molecular weight is 215 g/mol. The maximum Gasteiger partial charge on any atom is 0.0380 e. The van der Waals surface area contributed by atoms with Crippen molar-refractivity contribution in [1.29, 1.82) is 0 Å². The Labute approximate surface area is 80.0 Å². The standard InChI is InChI=1S/C7H18Si4/c1-10(2)6-8-5-9-7-11(3)4/h5-7H2,1-4H3. The Morgan fingerprint density at radius 2 is 1.18 bits per heavy atom. The molecule has 0 rings (SSSR count). The van der Waals surface area contributed by atoms with E-state index in [0.29, 0.717) is 0 Å². The van der Waals surface area contributed by atoms with Crippen LogP contribution in [0.15, 0.2) is 0 Å². The molecule has 11 heavy (non-hydrogen) atoms. The average Bonchev–Trinajstić information content (AvgIpc) is 1.85. The quantitative estimate of drug-likeness (QED) is 0.470. The van der Waals surface area contributed by atoms with E-state index in [2.05, 4.69) is 26.2 Å². The van der Waals surface area contributed by atoms with Crippen molar-refractivity contribution in [3.8, 4) is 0 Å². The summed E-state index contributed by atoms with van der Waals surface area (Å²) in [7, 11) is 2.75. The van der Waals surface area contributed by atoms with Crippen LogP contribution in [0.5, 0.6) is 0 Å². The summed E-state index contributed by atoms with van der Waals surface area (Å²) in [5, 5.41) is 0. The second kappa shape index (κ2) is 7.51. The van der Waals surface area contributed by atoms with E-state index in [9.17, 15) is 0 Å². The molecule has 0 saturated carbocycles. The summed E-state index contributed by atoms with van der Waals surface area (Å²) < 4.78 is 0. The first-order valence-corrected chi connectivity index (χ1v) is 12.4. The number of rotatable bonds is 6. The lowest BCUT2D eigenvalue weighted by Crippen LogP contribution is -2.10. The van der Waals surface area contributed by atoms with Crippen molar-refractivity contribution in [3.63, 3.8) is 0 Å². The van der Waals surface area contributed by atoms with Gasteiger partial charge in [0.2, 0.25) is 0 Å². The van der Waals surface area contributed by atoms with E-state index >= 15 is 0 Å². The van der Waals surface area contributed by atoms with Crippen LogP contribution in [0.25, 0.3) is 0 Å². The summed E-state index contributed by atoms with van der Waals surface area (Å²) in [4.78, 5) is 0. The first kappa shape index (κ1) is 11.9. The molecule has 0 aliphatic carbocycles. The van der Waals surface area contributed by atoms with E-state index in [4.69, 9.17) is 0 Å². The van der Waals surface area contributed by atoms with E-state index in [1.165, 1.54) is 19.0 Å². The smallest absolute Gasteiger partial charge is 0.0380 e. The van der Waals surface area contributed by atoms with Crippen LogP contribution in [0.1, 0.15) is 0 Å². The van der Waals surface area contributed by atoms with Crippen molar-refractivity contribution in [1.82, 2.24) is 0 Å². The molecule has 0 aliphatic heterocycles. The van der Waals surface area contributed by atoms with Crippen LogP contribution in [0.2, 0.25) is 43.2 Å². The first-order chi connectivity index (χ1) is 5.13. The molecule has 0 fully saturated rings. The third-order valence-electron chi connectivity index (χ3n) is 1.21. The van der Waals surface area contributed by atoms with E-state index in [1.54, 1.807) is 17.0 Å². The highest BCUT2D eigenvalue weighted by atomic mass is 28.3. The lowest BCUT2D eigenvalue weighted by molar-refractivity contribution is 1.71. The van der Waals surface area contributed by atoms with E-state index in [1.807, 2.05) is 0 Å². The number of hydrogen-bond donors (Lipinski definition) is 0. The molecular formula is C7H18Si4. The van der Waals surface area contributed by atoms with Crippen LogP contribution in [0.3, 0.4) is 0 Å². The van der Waals surface area contributed by atoms with Gasteiger partial charge in [-0.25, -0.2) is 0 Å². The fraction of sp³-hybridized carbons (Fsp3) is 1.00. The molecule has 0 nitrogen and oxygen atoms in total. The van der Waals surface area contributed by atoms with Gasteiger partial charge < -0.3 is 0 Å². The molecule has 0 aromatic rings. The van der Waals surface area contributed by atoms with Crippen LogP contribution in [-0.2, 0) is 0 Å². The van der Waals surface area contributed by atoms with Gasteiger partial charge in [0.05, 0.1) is 0 Å². The van der Waals surface area contributed by atoms with Crippen LogP contribution >= 0.6 is 0 Å². The van der Waals surface area contributed by atoms with E-state index in [-0.39, 0.29) is 17.6 Å². The summed E-state index contributed by atoms with van der Waals surface area (Å²) in [5.74, 6) is 0. The van der Waals surface area contributed by atoms with Gasteiger partial charge in [-0.3, -0.25) is 0 Å². The molecule has 0 aromatic carbocycles. The minimum Gasteiger partial charge on any atom is -0.0715 e.